The third-order valence-corrected chi connectivity index (χ3v) is 3.54. The van der Waals surface area contributed by atoms with Crippen LogP contribution in [0.25, 0.3) is 0 Å². The summed E-state index contributed by atoms with van der Waals surface area (Å²) < 4.78 is 5.80. The molecule has 0 heterocycles. The normalized spacial score (nSPS) is 10.4. The molecule has 2 aromatic rings. The van der Waals surface area contributed by atoms with Crippen molar-refractivity contribution in [2.24, 2.45) is 0 Å². The van der Waals surface area contributed by atoms with Gasteiger partial charge in [-0.05, 0) is 43.2 Å². The van der Waals surface area contributed by atoms with E-state index < -0.39 is 0 Å². The highest BCUT2D eigenvalue weighted by Gasteiger charge is 2.05. The SMILES string of the molecule is Cc1cccc(OCc2ccc(Cl)cc2Cl)c1C. The summed E-state index contributed by atoms with van der Waals surface area (Å²) in [5.41, 5.74) is 3.30. The Bertz CT molecular complexity index is 564. The summed E-state index contributed by atoms with van der Waals surface area (Å²) in [6, 6.07) is 11.4. The molecule has 0 atom stereocenters. The lowest BCUT2D eigenvalue weighted by Crippen LogP contribution is -1.98. The molecular weight excluding hydrogens is 267 g/mol. The Kier molecular flexibility index (Phi) is 4.15. The van der Waals surface area contributed by atoms with Gasteiger partial charge in [-0.25, -0.2) is 0 Å². The quantitative estimate of drug-likeness (QED) is 0.752. The Balaban J connectivity index is 2.14. The minimum Gasteiger partial charge on any atom is -0.489 e. The maximum atomic E-state index is 6.10. The van der Waals surface area contributed by atoms with Crippen LogP contribution >= 0.6 is 23.2 Å². The van der Waals surface area contributed by atoms with Crippen molar-refractivity contribution >= 4 is 23.2 Å². The third-order valence-electron chi connectivity index (χ3n) is 2.95. The topological polar surface area (TPSA) is 9.23 Å². The van der Waals surface area contributed by atoms with E-state index in [1.165, 1.54) is 5.56 Å². The number of aryl methyl sites for hydroxylation is 1. The van der Waals surface area contributed by atoms with Crippen LogP contribution in [-0.2, 0) is 6.61 Å². The third kappa shape index (κ3) is 2.98. The van der Waals surface area contributed by atoms with Gasteiger partial charge < -0.3 is 4.74 Å². The molecule has 0 aliphatic heterocycles. The van der Waals surface area contributed by atoms with Crippen LogP contribution < -0.4 is 4.74 Å². The predicted octanol–water partition coefficient (Wildman–Crippen LogP) is 5.19. The molecule has 18 heavy (non-hydrogen) atoms. The second-order valence-corrected chi connectivity index (χ2v) is 5.07. The molecule has 0 aliphatic carbocycles. The van der Waals surface area contributed by atoms with Crippen molar-refractivity contribution in [3.63, 3.8) is 0 Å². The monoisotopic (exact) mass is 280 g/mol. The van der Waals surface area contributed by atoms with Gasteiger partial charge in [0, 0.05) is 15.6 Å². The molecular formula is C15H14Cl2O. The van der Waals surface area contributed by atoms with Gasteiger partial charge in [0.05, 0.1) is 0 Å². The van der Waals surface area contributed by atoms with Gasteiger partial charge >= 0.3 is 0 Å². The lowest BCUT2D eigenvalue weighted by Gasteiger charge is -2.11. The van der Waals surface area contributed by atoms with Gasteiger partial charge in [0.2, 0.25) is 0 Å². The molecule has 0 saturated carbocycles. The summed E-state index contributed by atoms with van der Waals surface area (Å²) in [5.74, 6) is 0.890. The zero-order chi connectivity index (χ0) is 13.1. The smallest absolute Gasteiger partial charge is 0.122 e. The fourth-order valence-corrected chi connectivity index (χ4v) is 2.14. The van der Waals surface area contributed by atoms with E-state index >= 15 is 0 Å². The van der Waals surface area contributed by atoms with E-state index in [-0.39, 0.29) is 0 Å². The average Bonchev–Trinajstić information content (AvgIpc) is 2.33. The van der Waals surface area contributed by atoms with Crippen molar-refractivity contribution in [1.82, 2.24) is 0 Å². The van der Waals surface area contributed by atoms with E-state index in [0.717, 1.165) is 16.9 Å². The van der Waals surface area contributed by atoms with Crippen molar-refractivity contribution in [3.05, 3.63) is 63.1 Å². The Morgan fingerprint density at radius 2 is 1.83 bits per heavy atom. The number of ether oxygens (including phenoxy) is 1. The van der Waals surface area contributed by atoms with Crippen LogP contribution in [0.2, 0.25) is 10.0 Å². The number of benzene rings is 2. The summed E-state index contributed by atoms with van der Waals surface area (Å²) >= 11 is 12.0. The van der Waals surface area contributed by atoms with Crippen LogP contribution in [0.15, 0.2) is 36.4 Å². The molecule has 0 spiro atoms. The van der Waals surface area contributed by atoms with Crippen LogP contribution in [0.4, 0.5) is 0 Å². The van der Waals surface area contributed by atoms with E-state index in [1.807, 2.05) is 31.2 Å². The first-order valence-corrected chi connectivity index (χ1v) is 6.46. The molecule has 3 heteroatoms. The molecule has 0 saturated heterocycles. The van der Waals surface area contributed by atoms with Crippen molar-refractivity contribution < 1.29 is 4.74 Å². The second kappa shape index (κ2) is 5.64. The first-order valence-electron chi connectivity index (χ1n) is 5.71. The largest absolute Gasteiger partial charge is 0.489 e. The summed E-state index contributed by atoms with van der Waals surface area (Å²) in [4.78, 5) is 0. The summed E-state index contributed by atoms with van der Waals surface area (Å²) in [7, 11) is 0. The molecule has 0 fully saturated rings. The minimum atomic E-state index is 0.445. The molecule has 2 rings (SSSR count). The van der Waals surface area contributed by atoms with Crippen LogP contribution in [-0.4, -0.2) is 0 Å². The molecule has 0 aromatic heterocycles. The van der Waals surface area contributed by atoms with Gasteiger partial charge in [-0.15, -0.1) is 0 Å². The highest BCUT2D eigenvalue weighted by molar-refractivity contribution is 6.35. The molecule has 0 radical (unpaired) electrons. The molecule has 0 amide bonds. The zero-order valence-electron chi connectivity index (χ0n) is 10.3. The molecule has 0 aliphatic rings. The van der Waals surface area contributed by atoms with E-state index in [9.17, 15) is 0 Å². The zero-order valence-corrected chi connectivity index (χ0v) is 11.8. The molecule has 0 bridgehead atoms. The lowest BCUT2D eigenvalue weighted by atomic mass is 10.1. The standard InChI is InChI=1S/C15H14Cl2O/c1-10-4-3-5-15(11(10)2)18-9-12-6-7-13(16)8-14(12)17/h3-8H,9H2,1-2H3. The van der Waals surface area contributed by atoms with Crippen molar-refractivity contribution in [3.8, 4) is 5.75 Å². The fraction of sp³-hybridized carbons (Fsp3) is 0.200. The maximum absolute atomic E-state index is 6.10. The van der Waals surface area contributed by atoms with Crippen LogP contribution in [0.1, 0.15) is 16.7 Å². The summed E-state index contributed by atoms with van der Waals surface area (Å²) in [6.45, 7) is 4.56. The van der Waals surface area contributed by atoms with Crippen molar-refractivity contribution in [2.45, 2.75) is 20.5 Å². The van der Waals surface area contributed by atoms with Crippen LogP contribution in [0, 0.1) is 13.8 Å². The van der Waals surface area contributed by atoms with E-state index in [2.05, 4.69) is 13.0 Å². The number of hydrogen-bond donors (Lipinski definition) is 0. The summed E-state index contributed by atoms with van der Waals surface area (Å²) in [6.07, 6.45) is 0. The minimum absolute atomic E-state index is 0.445. The number of halogens is 2. The lowest BCUT2D eigenvalue weighted by molar-refractivity contribution is 0.304. The first-order chi connectivity index (χ1) is 8.58. The van der Waals surface area contributed by atoms with Crippen LogP contribution in [0.3, 0.4) is 0 Å². The van der Waals surface area contributed by atoms with Gasteiger partial charge in [0.1, 0.15) is 12.4 Å². The highest BCUT2D eigenvalue weighted by atomic mass is 35.5. The van der Waals surface area contributed by atoms with Crippen molar-refractivity contribution in [2.75, 3.05) is 0 Å². The Hall–Kier alpha value is -1.18. The van der Waals surface area contributed by atoms with E-state index in [0.29, 0.717) is 16.7 Å². The maximum Gasteiger partial charge on any atom is 0.122 e. The van der Waals surface area contributed by atoms with E-state index in [4.69, 9.17) is 27.9 Å². The average molecular weight is 281 g/mol. The van der Waals surface area contributed by atoms with Gasteiger partial charge in [-0.2, -0.15) is 0 Å². The molecule has 0 unspecified atom stereocenters. The summed E-state index contributed by atoms with van der Waals surface area (Å²) in [5, 5.41) is 1.27. The molecule has 94 valence electrons. The molecule has 1 nitrogen and oxygen atoms in total. The van der Waals surface area contributed by atoms with Crippen LogP contribution in [0.5, 0.6) is 5.75 Å². The Labute approximate surface area is 117 Å². The highest BCUT2D eigenvalue weighted by Crippen LogP contribution is 2.25. The molecule has 0 N–H and O–H groups in total. The van der Waals surface area contributed by atoms with Crippen molar-refractivity contribution in [1.29, 1.82) is 0 Å². The molecule has 2 aromatic carbocycles. The number of hydrogen-bond acceptors (Lipinski definition) is 1. The Morgan fingerprint density at radius 1 is 1.06 bits per heavy atom. The van der Waals surface area contributed by atoms with E-state index in [1.54, 1.807) is 6.07 Å². The Morgan fingerprint density at radius 3 is 2.56 bits per heavy atom. The first kappa shape index (κ1) is 13.3. The van der Waals surface area contributed by atoms with Gasteiger partial charge in [-0.3, -0.25) is 0 Å². The van der Waals surface area contributed by atoms with Gasteiger partial charge in [0.15, 0.2) is 0 Å². The predicted molar refractivity (Wildman–Crippen MR) is 76.7 cm³/mol. The fourth-order valence-electron chi connectivity index (χ4n) is 1.67. The number of rotatable bonds is 3. The van der Waals surface area contributed by atoms with Gasteiger partial charge in [-0.1, -0.05) is 41.4 Å². The van der Waals surface area contributed by atoms with Gasteiger partial charge in [0.25, 0.3) is 0 Å². The second-order valence-electron chi connectivity index (χ2n) is 4.22.